The second kappa shape index (κ2) is 6.73. The molecule has 0 saturated heterocycles. The number of amides is 1. The summed E-state index contributed by atoms with van der Waals surface area (Å²) >= 11 is 5.73. The van der Waals surface area contributed by atoms with Gasteiger partial charge in [-0.05, 0) is 36.4 Å². The van der Waals surface area contributed by atoms with Crippen LogP contribution in [0.25, 0.3) is 0 Å². The van der Waals surface area contributed by atoms with Crippen LogP contribution >= 0.6 is 11.6 Å². The zero-order valence-electron chi connectivity index (χ0n) is 10.9. The fourth-order valence-electron chi connectivity index (χ4n) is 1.71. The number of nitrogens with zero attached hydrogens (tertiary/aromatic N) is 1. The van der Waals surface area contributed by atoms with Crippen LogP contribution in [0.5, 0.6) is 0 Å². The predicted octanol–water partition coefficient (Wildman–Crippen LogP) is 2.57. The first-order valence-corrected chi connectivity index (χ1v) is 6.49. The number of carbonyl (C=O) groups excluding carboxylic acids is 2. The van der Waals surface area contributed by atoms with E-state index in [1.807, 2.05) is 0 Å². The lowest BCUT2D eigenvalue weighted by Gasteiger charge is -2.08. The van der Waals surface area contributed by atoms with Crippen molar-refractivity contribution in [3.8, 4) is 6.07 Å². The summed E-state index contributed by atoms with van der Waals surface area (Å²) in [5, 5.41) is 12.0. The summed E-state index contributed by atoms with van der Waals surface area (Å²) in [5.41, 5.74) is 0.263. The Hall–Kier alpha value is -2.58. The van der Waals surface area contributed by atoms with Crippen molar-refractivity contribution in [3.63, 3.8) is 0 Å². The van der Waals surface area contributed by atoms with Gasteiger partial charge in [0.1, 0.15) is 5.76 Å². The summed E-state index contributed by atoms with van der Waals surface area (Å²) in [6.45, 7) is 0.123. The average molecular weight is 303 g/mol. The molecule has 0 aliphatic carbocycles. The number of rotatable bonds is 5. The smallest absolute Gasteiger partial charge is 0.245 e. The first kappa shape index (κ1) is 14.8. The molecule has 1 aromatic heterocycles. The highest BCUT2D eigenvalue weighted by molar-refractivity contribution is 6.30. The minimum atomic E-state index is -1.40. The van der Waals surface area contributed by atoms with Gasteiger partial charge in [-0.1, -0.05) is 11.6 Å². The Morgan fingerprint density at radius 3 is 2.57 bits per heavy atom. The number of carbonyl (C=O) groups is 2. The highest BCUT2D eigenvalue weighted by Gasteiger charge is 2.27. The molecule has 106 valence electrons. The number of hydrogen-bond acceptors (Lipinski definition) is 4. The van der Waals surface area contributed by atoms with E-state index in [0.29, 0.717) is 10.8 Å². The minimum Gasteiger partial charge on any atom is -0.467 e. The van der Waals surface area contributed by atoms with Crippen molar-refractivity contribution >= 4 is 23.3 Å². The molecule has 0 aliphatic heterocycles. The van der Waals surface area contributed by atoms with Gasteiger partial charge in [0.2, 0.25) is 5.91 Å². The quantitative estimate of drug-likeness (QED) is 0.679. The van der Waals surface area contributed by atoms with E-state index in [-0.39, 0.29) is 12.1 Å². The van der Waals surface area contributed by atoms with Gasteiger partial charge >= 0.3 is 0 Å². The molecule has 0 fully saturated rings. The third-order valence-corrected chi connectivity index (χ3v) is 3.05. The van der Waals surface area contributed by atoms with Gasteiger partial charge in [0.05, 0.1) is 18.9 Å². The minimum absolute atomic E-state index is 0.123. The number of nitrogens with one attached hydrogen (secondary N) is 1. The van der Waals surface area contributed by atoms with Gasteiger partial charge in [-0.25, -0.2) is 0 Å². The monoisotopic (exact) mass is 302 g/mol. The largest absolute Gasteiger partial charge is 0.467 e. The van der Waals surface area contributed by atoms with Crippen molar-refractivity contribution < 1.29 is 14.0 Å². The molecular formula is C15H11ClN2O3. The zero-order chi connectivity index (χ0) is 15.2. The van der Waals surface area contributed by atoms with Crippen LogP contribution < -0.4 is 5.32 Å². The zero-order valence-corrected chi connectivity index (χ0v) is 11.6. The summed E-state index contributed by atoms with van der Waals surface area (Å²) < 4.78 is 5.06. The fraction of sp³-hybridized carbons (Fsp3) is 0.133. The van der Waals surface area contributed by atoms with Crippen LogP contribution in [0.2, 0.25) is 5.02 Å². The Kier molecular flexibility index (Phi) is 4.75. The van der Waals surface area contributed by atoms with Gasteiger partial charge in [0.15, 0.2) is 11.7 Å². The van der Waals surface area contributed by atoms with Gasteiger partial charge in [0, 0.05) is 10.6 Å². The van der Waals surface area contributed by atoms with E-state index < -0.39 is 17.6 Å². The van der Waals surface area contributed by atoms with Crippen LogP contribution in [0.1, 0.15) is 16.1 Å². The van der Waals surface area contributed by atoms with Gasteiger partial charge in [-0.15, -0.1) is 0 Å². The van der Waals surface area contributed by atoms with Crippen LogP contribution in [0, 0.1) is 17.2 Å². The standard InChI is InChI=1S/C15H11ClN2O3/c16-11-5-3-10(4-6-11)14(19)13(8-17)15(20)18-9-12-2-1-7-21-12/h1-7,13H,9H2,(H,18,20)/t13-/m1/s1. The molecule has 5 nitrogen and oxygen atoms in total. The van der Waals surface area contributed by atoms with Crippen molar-refractivity contribution in [1.29, 1.82) is 5.26 Å². The number of nitriles is 1. The van der Waals surface area contributed by atoms with Crippen LogP contribution in [0.3, 0.4) is 0 Å². The van der Waals surface area contributed by atoms with E-state index >= 15 is 0 Å². The number of halogens is 1. The molecule has 2 rings (SSSR count). The van der Waals surface area contributed by atoms with Crippen molar-refractivity contribution in [1.82, 2.24) is 5.32 Å². The molecule has 2 aromatic rings. The molecule has 1 heterocycles. The number of furan rings is 1. The second-order valence-electron chi connectivity index (χ2n) is 4.23. The topological polar surface area (TPSA) is 83.1 Å². The summed E-state index contributed by atoms with van der Waals surface area (Å²) in [5.74, 6) is -2.08. The Bertz CT molecular complexity index is 672. The predicted molar refractivity (Wildman–Crippen MR) is 75.4 cm³/mol. The lowest BCUT2D eigenvalue weighted by Crippen LogP contribution is -2.34. The molecule has 0 spiro atoms. The van der Waals surface area contributed by atoms with E-state index in [2.05, 4.69) is 5.32 Å². The summed E-state index contributed by atoms with van der Waals surface area (Å²) in [6, 6.07) is 11.1. The average Bonchev–Trinajstić information content (AvgIpc) is 3.00. The lowest BCUT2D eigenvalue weighted by molar-refractivity contribution is -0.122. The maximum Gasteiger partial charge on any atom is 0.245 e. The van der Waals surface area contributed by atoms with E-state index in [4.69, 9.17) is 21.3 Å². The molecule has 21 heavy (non-hydrogen) atoms. The third-order valence-electron chi connectivity index (χ3n) is 2.80. The van der Waals surface area contributed by atoms with E-state index in [1.165, 1.54) is 30.5 Å². The maximum atomic E-state index is 12.1. The molecular weight excluding hydrogens is 292 g/mol. The molecule has 1 aromatic carbocycles. The number of ketones is 1. The van der Waals surface area contributed by atoms with Crippen molar-refractivity contribution in [2.75, 3.05) is 0 Å². The summed E-state index contributed by atoms with van der Waals surface area (Å²) in [4.78, 5) is 24.1. The Labute approximate surface area is 126 Å². The summed E-state index contributed by atoms with van der Waals surface area (Å²) in [7, 11) is 0. The molecule has 0 radical (unpaired) electrons. The second-order valence-corrected chi connectivity index (χ2v) is 4.67. The molecule has 0 unspecified atom stereocenters. The van der Waals surface area contributed by atoms with E-state index in [1.54, 1.807) is 18.2 Å². The van der Waals surface area contributed by atoms with E-state index in [0.717, 1.165) is 0 Å². The van der Waals surface area contributed by atoms with Gasteiger partial charge in [-0.2, -0.15) is 5.26 Å². The molecule has 1 N–H and O–H groups in total. The highest BCUT2D eigenvalue weighted by Crippen LogP contribution is 2.14. The van der Waals surface area contributed by atoms with Crippen LogP contribution in [0.15, 0.2) is 47.1 Å². The number of hydrogen-bond donors (Lipinski definition) is 1. The van der Waals surface area contributed by atoms with Gasteiger partial charge in [0.25, 0.3) is 0 Å². The Morgan fingerprint density at radius 1 is 1.29 bits per heavy atom. The Balaban J connectivity index is 2.04. The van der Waals surface area contributed by atoms with Gasteiger partial charge < -0.3 is 9.73 Å². The first-order valence-electron chi connectivity index (χ1n) is 6.11. The molecule has 1 atom stereocenters. The van der Waals surface area contributed by atoms with Crippen LogP contribution in [-0.4, -0.2) is 11.7 Å². The molecule has 0 bridgehead atoms. The van der Waals surface area contributed by atoms with Crippen LogP contribution in [-0.2, 0) is 11.3 Å². The van der Waals surface area contributed by atoms with Crippen LogP contribution in [0.4, 0.5) is 0 Å². The number of Topliss-reactive ketones (excluding diaryl/α,β-unsaturated/α-hetero) is 1. The molecule has 0 aliphatic rings. The molecule has 1 amide bonds. The maximum absolute atomic E-state index is 12.1. The first-order chi connectivity index (χ1) is 10.1. The van der Waals surface area contributed by atoms with Crippen molar-refractivity contribution in [2.24, 2.45) is 5.92 Å². The van der Waals surface area contributed by atoms with Crippen molar-refractivity contribution in [3.05, 3.63) is 59.0 Å². The lowest BCUT2D eigenvalue weighted by atomic mass is 9.98. The highest BCUT2D eigenvalue weighted by atomic mass is 35.5. The van der Waals surface area contributed by atoms with Crippen molar-refractivity contribution in [2.45, 2.75) is 6.54 Å². The molecule has 6 heteroatoms. The van der Waals surface area contributed by atoms with Gasteiger partial charge in [-0.3, -0.25) is 9.59 Å². The Morgan fingerprint density at radius 2 is 2.00 bits per heavy atom. The SMILES string of the molecule is N#C[C@@H](C(=O)NCc1ccco1)C(=O)c1ccc(Cl)cc1. The molecule has 0 saturated carbocycles. The normalized spacial score (nSPS) is 11.4. The third kappa shape index (κ3) is 3.71. The number of benzene rings is 1. The summed E-state index contributed by atoms with van der Waals surface area (Å²) in [6.07, 6.45) is 1.47. The fourth-order valence-corrected chi connectivity index (χ4v) is 1.83. The van der Waals surface area contributed by atoms with E-state index in [9.17, 15) is 9.59 Å².